The number of hydrogen-bond acceptors (Lipinski definition) is 2. The second kappa shape index (κ2) is 4.67. The molecule has 1 aliphatic rings. The molecule has 1 aliphatic heterocycles. The monoisotopic (exact) mass is 228 g/mol. The van der Waals surface area contributed by atoms with Crippen LogP contribution in [0.15, 0.2) is 0 Å². The summed E-state index contributed by atoms with van der Waals surface area (Å²) in [6, 6.07) is -0.0171. The molecule has 0 aromatic rings. The van der Waals surface area contributed by atoms with Gasteiger partial charge in [0.25, 0.3) is 0 Å². The SMILES string of the molecule is C[C@H]1COC[C@H](C)[NH+]1C[C@H](O)C(F)(F)F. The molecule has 0 amide bonds. The summed E-state index contributed by atoms with van der Waals surface area (Å²) >= 11 is 0. The van der Waals surface area contributed by atoms with Crippen LogP contribution in [0.3, 0.4) is 0 Å². The normalized spacial score (nSPS) is 31.6. The van der Waals surface area contributed by atoms with Gasteiger partial charge in [0.05, 0.1) is 13.2 Å². The molecule has 1 rings (SSSR count). The fraction of sp³-hybridized carbons (Fsp3) is 1.00. The molecule has 90 valence electrons. The van der Waals surface area contributed by atoms with Gasteiger partial charge in [-0.1, -0.05) is 0 Å². The fourth-order valence-electron chi connectivity index (χ4n) is 1.86. The summed E-state index contributed by atoms with van der Waals surface area (Å²) < 4.78 is 41.7. The lowest BCUT2D eigenvalue weighted by atomic mass is 10.1. The molecule has 0 bridgehead atoms. The van der Waals surface area contributed by atoms with Gasteiger partial charge in [-0.05, 0) is 13.8 Å². The lowest BCUT2D eigenvalue weighted by Gasteiger charge is -2.36. The van der Waals surface area contributed by atoms with Crippen molar-refractivity contribution in [3.63, 3.8) is 0 Å². The Hall–Kier alpha value is -0.330. The minimum absolute atomic E-state index is 0.00856. The third-order valence-corrected chi connectivity index (χ3v) is 2.81. The molecular formula is C9H17F3NO2+. The zero-order chi connectivity index (χ0) is 11.6. The predicted octanol–water partition coefficient (Wildman–Crippen LogP) is -0.398. The second-order valence-corrected chi connectivity index (χ2v) is 4.18. The van der Waals surface area contributed by atoms with Crippen LogP contribution < -0.4 is 4.90 Å². The molecule has 0 aliphatic carbocycles. The lowest BCUT2D eigenvalue weighted by molar-refractivity contribution is -0.958. The predicted molar refractivity (Wildman–Crippen MR) is 47.6 cm³/mol. The van der Waals surface area contributed by atoms with Gasteiger partial charge in [0.1, 0.15) is 18.6 Å². The van der Waals surface area contributed by atoms with Gasteiger partial charge in [-0.2, -0.15) is 13.2 Å². The van der Waals surface area contributed by atoms with E-state index in [-0.39, 0.29) is 18.6 Å². The van der Waals surface area contributed by atoms with Crippen molar-refractivity contribution in [2.24, 2.45) is 0 Å². The van der Waals surface area contributed by atoms with Crippen LogP contribution in [0, 0.1) is 0 Å². The first kappa shape index (κ1) is 12.7. The zero-order valence-corrected chi connectivity index (χ0v) is 8.84. The Balaban J connectivity index is 2.55. The van der Waals surface area contributed by atoms with E-state index in [1.165, 1.54) is 0 Å². The maximum absolute atomic E-state index is 12.2. The first-order chi connectivity index (χ1) is 6.82. The van der Waals surface area contributed by atoms with Gasteiger partial charge in [-0.3, -0.25) is 0 Å². The van der Waals surface area contributed by atoms with E-state index in [1.807, 2.05) is 13.8 Å². The molecular weight excluding hydrogens is 211 g/mol. The largest absolute Gasteiger partial charge is 0.419 e. The van der Waals surface area contributed by atoms with Crippen molar-refractivity contribution in [1.29, 1.82) is 0 Å². The summed E-state index contributed by atoms with van der Waals surface area (Å²) in [5.41, 5.74) is 0. The number of nitrogens with one attached hydrogen (secondary N) is 1. The number of morpholine rings is 1. The summed E-state index contributed by atoms with van der Waals surface area (Å²) in [4.78, 5) is 0.756. The molecule has 0 spiro atoms. The minimum Gasteiger partial charge on any atom is -0.379 e. The van der Waals surface area contributed by atoms with Gasteiger partial charge >= 0.3 is 6.18 Å². The van der Waals surface area contributed by atoms with Crippen molar-refractivity contribution in [3.8, 4) is 0 Å². The van der Waals surface area contributed by atoms with Gasteiger partial charge in [0.15, 0.2) is 6.10 Å². The number of halogens is 3. The Labute approximate surface area is 86.8 Å². The number of alkyl halides is 3. The summed E-state index contributed by atoms with van der Waals surface area (Å²) in [6.07, 6.45) is -6.76. The van der Waals surface area contributed by atoms with Gasteiger partial charge in [0, 0.05) is 0 Å². The van der Waals surface area contributed by atoms with E-state index in [9.17, 15) is 13.2 Å². The third-order valence-electron chi connectivity index (χ3n) is 2.81. The van der Waals surface area contributed by atoms with Crippen molar-refractivity contribution in [2.45, 2.75) is 38.2 Å². The van der Waals surface area contributed by atoms with E-state index in [0.717, 1.165) is 4.90 Å². The Bertz CT molecular complexity index is 200. The molecule has 0 aromatic carbocycles. The van der Waals surface area contributed by atoms with Gasteiger partial charge in [-0.25, -0.2) is 0 Å². The molecule has 0 radical (unpaired) electrons. The first-order valence-electron chi connectivity index (χ1n) is 5.00. The van der Waals surface area contributed by atoms with Crippen LogP contribution in [0.4, 0.5) is 13.2 Å². The number of aliphatic hydroxyl groups is 1. The quantitative estimate of drug-likeness (QED) is 0.674. The summed E-state index contributed by atoms with van der Waals surface area (Å²) in [6.45, 7) is 4.26. The van der Waals surface area contributed by atoms with Crippen LogP contribution in [0.5, 0.6) is 0 Å². The highest BCUT2D eigenvalue weighted by Gasteiger charge is 2.43. The Kier molecular flexibility index (Phi) is 3.97. The number of aliphatic hydroxyl groups excluding tert-OH is 1. The Morgan fingerprint density at radius 2 is 1.80 bits per heavy atom. The molecule has 15 heavy (non-hydrogen) atoms. The highest BCUT2D eigenvalue weighted by molar-refractivity contribution is 4.66. The molecule has 3 nitrogen and oxygen atoms in total. The van der Waals surface area contributed by atoms with Gasteiger partial charge in [-0.15, -0.1) is 0 Å². The van der Waals surface area contributed by atoms with E-state index >= 15 is 0 Å². The Morgan fingerprint density at radius 3 is 2.20 bits per heavy atom. The van der Waals surface area contributed by atoms with Crippen molar-refractivity contribution >= 4 is 0 Å². The molecule has 0 aromatic heterocycles. The van der Waals surface area contributed by atoms with E-state index in [4.69, 9.17) is 9.84 Å². The van der Waals surface area contributed by atoms with Crippen molar-refractivity contribution in [1.82, 2.24) is 0 Å². The van der Waals surface area contributed by atoms with Crippen LogP contribution in [-0.2, 0) is 4.74 Å². The number of quaternary nitrogens is 1. The summed E-state index contributed by atoms with van der Waals surface area (Å²) in [5.74, 6) is 0. The molecule has 1 fully saturated rings. The molecule has 0 unspecified atom stereocenters. The number of hydrogen-bond donors (Lipinski definition) is 2. The molecule has 3 atom stereocenters. The lowest BCUT2D eigenvalue weighted by Crippen LogP contribution is -3.21. The minimum atomic E-state index is -4.52. The van der Waals surface area contributed by atoms with Gasteiger partial charge in [0.2, 0.25) is 0 Å². The molecule has 1 heterocycles. The van der Waals surface area contributed by atoms with E-state index in [1.54, 1.807) is 0 Å². The van der Waals surface area contributed by atoms with E-state index in [0.29, 0.717) is 13.2 Å². The second-order valence-electron chi connectivity index (χ2n) is 4.18. The van der Waals surface area contributed by atoms with Crippen LogP contribution >= 0.6 is 0 Å². The summed E-state index contributed by atoms with van der Waals surface area (Å²) in [5, 5.41) is 8.99. The topological polar surface area (TPSA) is 33.9 Å². The Morgan fingerprint density at radius 1 is 1.33 bits per heavy atom. The average Bonchev–Trinajstić information content (AvgIpc) is 2.09. The fourth-order valence-corrected chi connectivity index (χ4v) is 1.86. The standard InChI is InChI=1S/C9H16F3NO2/c1-6-4-15-5-7(2)13(6)3-8(14)9(10,11)12/h6-8,14H,3-5H2,1-2H3/p+1/t6-,7-,8-/m0/s1. The summed E-state index contributed by atoms with van der Waals surface area (Å²) in [7, 11) is 0. The maximum Gasteiger partial charge on any atom is 0.419 e. The molecule has 6 heteroatoms. The van der Waals surface area contributed by atoms with Crippen LogP contribution in [-0.4, -0.2) is 49.2 Å². The van der Waals surface area contributed by atoms with E-state index < -0.39 is 12.3 Å². The zero-order valence-electron chi connectivity index (χ0n) is 8.84. The highest BCUT2D eigenvalue weighted by atomic mass is 19.4. The van der Waals surface area contributed by atoms with Gasteiger partial charge < -0.3 is 14.7 Å². The van der Waals surface area contributed by atoms with Crippen molar-refractivity contribution < 1.29 is 27.9 Å². The third kappa shape index (κ3) is 3.32. The van der Waals surface area contributed by atoms with Crippen LogP contribution in [0.2, 0.25) is 0 Å². The number of rotatable bonds is 2. The van der Waals surface area contributed by atoms with Crippen LogP contribution in [0.1, 0.15) is 13.8 Å². The van der Waals surface area contributed by atoms with Crippen molar-refractivity contribution in [3.05, 3.63) is 0 Å². The highest BCUT2D eigenvalue weighted by Crippen LogP contribution is 2.18. The molecule has 2 N–H and O–H groups in total. The first-order valence-corrected chi connectivity index (χ1v) is 5.00. The van der Waals surface area contributed by atoms with Crippen molar-refractivity contribution in [2.75, 3.05) is 19.8 Å². The average molecular weight is 228 g/mol. The van der Waals surface area contributed by atoms with Crippen LogP contribution in [0.25, 0.3) is 0 Å². The maximum atomic E-state index is 12.2. The molecule has 0 saturated carbocycles. The smallest absolute Gasteiger partial charge is 0.379 e. The number of ether oxygens (including phenoxy) is 1. The van der Waals surface area contributed by atoms with E-state index in [2.05, 4.69) is 0 Å². The molecule has 1 saturated heterocycles.